The molecule has 1 saturated heterocycles. The molecule has 0 amide bonds. The minimum atomic E-state index is -3.46. The van der Waals surface area contributed by atoms with E-state index in [2.05, 4.69) is 14.9 Å². The van der Waals surface area contributed by atoms with Crippen LogP contribution in [-0.2, 0) is 16.4 Å². The summed E-state index contributed by atoms with van der Waals surface area (Å²) in [6.07, 6.45) is 2.94. The Balaban J connectivity index is 2.09. The third-order valence-electron chi connectivity index (χ3n) is 3.55. The summed E-state index contributed by atoms with van der Waals surface area (Å²) in [4.78, 5) is 9.17. The molecule has 20 heavy (non-hydrogen) atoms. The number of imidazole rings is 1. The molecule has 0 aliphatic carbocycles. The van der Waals surface area contributed by atoms with E-state index in [1.165, 1.54) is 10.5 Å². The molecule has 3 N–H and O–H groups in total. The maximum absolute atomic E-state index is 12.5. The average Bonchev–Trinajstić information content (AvgIpc) is 2.80. The second-order valence-electron chi connectivity index (χ2n) is 4.94. The summed E-state index contributed by atoms with van der Waals surface area (Å²) < 4.78 is 26.6. The Morgan fingerprint density at radius 2 is 2.15 bits per heavy atom. The topological polar surface area (TPSA) is 95.3 Å². The molecule has 1 fully saturated rings. The predicted molar refractivity (Wildman–Crippen MR) is 76.8 cm³/mol. The molecule has 2 heterocycles. The fourth-order valence-electron chi connectivity index (χ4n) is 2.39. The first-order valence-corrected chi connectivity index (χ1v) is 8.48. The van der Waals surface area contributed by atoms with E-state index in [1.807, 2.05) is 6.92 Å². The fourth-order valence-corrected chi connectivity index (χ4v) is 3.79. The van der Waals surface area contributed by atoms with Crippen molar-refractivity contribution < 1.29 is 8.42 Å². The lowest BCUT2D eigenvalue weighted by Crippen LogP contribution is -2.36. The van der Waals surface area contributed by atoms with Gasteiger partial charge < -0.3 is 15.6 Å². The predicted octanol–water partition coefficient (Wildman–Crippen LogP) is -0.373. The van der Waals surface area contributed by atoms with Gasteiger partial charge in [0, 0.05) is 39.1 Å². The number of rotatable bonds is 5. The Morgan fingerprint density at radius 3 is 2.80 bits per heavy atom. The molecule has 0 saturated carbocycles. The van der Waals surface area contributed by atoms with Crippen molar-refractivity contribution in [1.29, 1.82) is 0 Å². The van der Waals surface area contributed by atoms with Gasteiger partial charge in [-0.2, -0.15) is 4.31 Å². The van der Waals surface area contributed by atoms with Crippen LogP contribution in [0.25, 0.3) is 0 Å². The lowest BCUT2D eigenvalue weighted by atomic mass is 10.4. The minimum Gasteiger partial charge on any atom is -0.332 e. The Hall–Kier alpha value is -0.960. The second kappa shape index (κ2) is 6.66. The van der Waals surface area contributed by atoms with E-state index in [-0.39, 0.29) is 5.03 Å². The molecular formula is C12H23N5O2S. The molecule has 0 unspecified atom stereocenters. The van der Waals surface area contributed by atoms with Gasteiger partial charge in [-0.25, -0.2) is 13.4 Å². The van der Waals surface area contributed by atoms with Gasteiger partial charge in [-0.15, -0.1) is 0 Å². The monoisotopic (exact) mass is 301 g/mol. The summed E-state index contributed by atoms with van der Waals surface area (Å²) in [6.45, 7) is 6.03. The molecule has 0 atom stereocenters. The molecule has 1 aromatic heterocycles. The van der Waals surface area contributed by atoms with Crippen LogP contribution in [-0.4, -0.2) is 66.9 Å². The number of aromatic nitrogens is 2. The summed E-state index contributed by atoms with van der Waals surface area (Å²) in [5.41, 5.74) is 5.55. The average molecular weight is 301 g/mol. The highest BCUT2D eigenvalue weighted by molar-refractivity contribution is 7.89. The quantitative estimate of drug-likeness (QED) is 0.773. The second-order valence-corrected chi connectivity index (χ2v) is 6.84. The molecule has 7 nitrogen and oxygen atoms in total. The number of aromatic amines is 1. The molecule has 1 aliphatic heterocycles. The number of sulfonamides is 1. The van der Waals surface area contributed by atoms with Gasteiger partial charge in [0.15, 0.2) is 5.03 Å². The van der Waals surface area contributed by atoms with Crippen LogP contribution in [0.5, 0.6) is 0 Å². The molecule has 0 spiro atoms. The molecule has 2 rings (SSSR count). The van der Waals surface area contributed by atoms with Crippen molar-refractivity contribution >= 4 is 10.0 Å². The molecule has 8 heteroatoms. The zero-order chi connectivity index (χ0) is 14.6. The smallest absolute Gasteiger partial charge is 0.260 e. The van der Waals surface area contributed by atoms with Gasteiger partial charge in [-0.1, -0.05) is 6.92 Å². The first kappa shape index (κ1) is 15.4. The first-order chi connectivity index (χ1) is 9.57. The lowest BCUT2D eigenvalue weighted by Gasteiger charge is -2.20. The number of nitrogens with one attached hydrogen (secondary N) is 1. The van der Waals surface area contributed by atoms with Crippen molar-refractivity contribution in [2.45, 2.75) is 24.8 Å². The van der Waals surface area contributed by atoms with Gasteiger partial charge >= 0.3 is 0 Å². The van der Waals surface area contributed by atoms with Gasteiger partial charge in [-0.05, 0) is 13.0 Å². The summed E-state index contributed by atoms with van der Waals surface area (Å²) in [5.74, 6) is 0.697. The normalized spacial score (nSPS) is 19.1. The van der Waals surface area contributed by atoms with Gasteiger partial charge in [0.1, 0.15) is 5.82 Å². The summed E-state index contributed by atoms with van der Waals surface area (Å²) >= 11 is 0. The molecule has 0 radical (unpaired) electrons. The molecule has 0 bridgehead atoms. The fraction of sp³-hybridized carbons (Fsp3) is 0.750. The van der Waals surface area contributed by atoms with Crippen molar-refractivity contribution in [2.75, 3.05) is 39.3 Å². The van der Waals surface area contributed by atoms with Crippen LogP contribution in [0.15, 0.2) is 11.2 Å². The van der Waals surface area contributed by atoms with Crippen molar-refractivity contribution in [3.05, 3.63) is 12.0 Å². The molecule has 114 valence electrons. The molecule has 0 aromatic carbocycles. The van der Waals surface area contributed by atoms with Gasteiger partial charge in [-0.3, -0.25) is 0 Å². The highest BCUT2D eigenvalue weighted by Crippen LogP contribution is 2.16. The molecule has 1 aliphatic rings. The maximum atomic E-state index is 12.5. The van der Waals surface area contributed by atoms with Crippen molar-refractivity contribution in [2.24, 2.45) is 5.73 Å². The Labute approximate surface area is 120 Å². The third kappa shape index (κ3) is 3.38. The van der Waals surface area contributed by atoms with Crippen LogP contribution in [0.3, 0.4) is 0 Å². The number of hydrogen-bond donors (Lipinski definition) is 2. The first-order valence-electron chi connectivity index (χ1n) is 7.04. The lowest BCUT2D eigenvalue weighted by molar-refractivity contribution is 0.294. The van der Waals surface area contributed by atoms with Crippen molar-refractivity contribution in [3.8, 4) is 0 Å². The van der Waals surface area contributed by atoms with E-state index in [9.17, 15) is 8.42 Å². The standard InChI is InChI=1S/C12H23N5O2S/c1-2-11-14-10-12(15-11)20(18,19)17-6-3-5-16(7-4-13)8-9-17/h10H,2-9,13H2,1H3,(H,14,15). The van der Waals surface area contributed by atoms with E-state index >= 15 is 0 Å². The van der Waals surface area contributed by atoms with E-state index in [0.717, 1.165) is 26.1 Å². The van der Waals surface area contributed by atoms with Crippen molar-refractivity contribution in [1.82, 2.24) is 19.2 Å². The van der Waals surface area contributed by atoms with Gasteiger partial charge in [0.05, 0.1) is 6.20 Å². The number of nitrogens with zero attached hydrogens (tertiary/aromatic N) is 3. The third-order valence-corrected chi connectivity index (χ3v) is 5.36. The summed E-state index contributed by atoms with van der Waals surface area (Å²) in [5, 5.41) is 0.196. The van der Waals surface area contributed by atoms with E-state index in [1.54, 1.807) is 0 Å². The highest BCUT2D eigenvalue weighted by Gasteiger charge is 2.28. The number of H-pyrrole nitrogens is 1. The number of hydrogen-bond acceptors (Lipinski definition) is 5. The minimum absolute atomic E-state index is 0.196. The molecular weight excluding hydrogens is 278 g/mol. The van der Waals surface area contributed by atoms with E-state index < -0.39 is 10.0 Å². The molecule has 1 aromatic rings. The van der Waals surface area contributed by atoms with Gasteiger partial charge in [0.25, 0.3) is 10.0 Å². The summed E-state index contributed by atoms with van der Waals surface area (Å²) in [7, 11) is -3.46. The summed E-state index contributed by atoms with van der Waals surface area (Å²) in [6, 6.07) is 0. The van der Waals surface area contributed by atoms with Crippen LogP contribution in [0.1, 0.15) is 19.2 Å². The Morgan fingerprint density at radius 1 is 1.35 bits per heavy atom. The van der Waals surface area contributed by atoms with Crippen LogP contribution in [0.4, 0.5) is 0 Å². The highest BCUT2D eigenvalue weighted by atomic mass is 32.2. The Kier molecular flexibility index (Phi) is 5.14. The zero-order valence-corrected chi connectivity index (χ0v) is 12.7. The van der Waals surface area contributed by atoms with Crippen LogP contribution >= 0.6 is 0 Å². The number of aryl methyl sites for hydroxylation is 1. The van der Waals surface area contributed by atoms with E-state index in [0.29, 0.717) is 31.9 Å². The van der Waals surface area contributed by atoms with Crippen LogP contribution in [0.2, 0.25) is 0 Å². The van der Waals surface area contributed by atoms with E-state index in [4.69, 9.17) is 5.73 Å². The van der Waals surface area contributed by atoms with Crippen molar-refractivity contribution in [3.63, 3.8) is 0 Å². The van der Waals surface area contributed by atoms with Crippen LogP contribution < -0.4 is 5.73 Å². The Bertz CT molecular complexity index is 528. The van der Waals surface area contributed by atoms with Crippen LogP contribution in [0, 0.1) is 0 Å². The van der Waals surface area contributed by atoms with Gasteiger partial charge in [0.2, 0.25) is 0 Å². The largest absolute Gasteiger partial charge is 0.332 e. The number of nitrogens with two attached hydrogens (primary N) is 1. The zero-order valence-electron chi connectivity index (χ0n) is 11.9. The maximum Gasteiger partial charge on any atom is 0.260 e. The SMILES string of the molecule is CCc1ncc(S(=O)(=O)N2CCCN(CCN)CC2)[nH]1.